The molecule has 80 valence electrons. The first-order chi connectivity index (χ1) is 5.46. The molecule has 0 aliphatic heterocycles. The summed E-state index contributed by atoms with van der Waals surface area (Å²) >= 11 is 0. The molecule has 0 aliphatic rings. The Morgan fingerprint density at radius 3 is 1.54 bits per heavy atom. The first-order valence-corrected chi connectivity index (χ1v) is 4.47. The van der Waals surface area contributed by atoms with Crippen molar-refractivity contribution in [3.8, 4) is 0 Å². The van der Waals surface area contributed by atoms with E-state index in [0.717, 1.165) is 0 Å². The average Bonchev–Trinajstić information content (AvgIpc) is 1.79. The molecule has 0 atom stereocenters. The van der Waals surface area contributed by atoms with Crippen LogP contribution in [-0.4, -0.2) is 25.9 Å². The largest absolute Gasteiger partial charge is 0.497 e. The molecule has 0 aromatic heterocycles. The summed E-state index contributed by atoms with van der Waals surface area (Å²) in [5, 5.41) is 0. The van der Waals surface area contributed by atoms with Crippen LogP contribution in [0, 0.1) is 0 Å². The molecule has 0 aromatic rings. The van der Waals surface area contributed by atoms with Crippen molar-refractivity contribution in [2.75, 3.05) is 5.75 Å². The Hall–Kier alpha value is -0.470. The van der Waals surface area contributed by atoms with Gasteiger partial charge in [0.1, 0.15) is 0 Å². The number of halogens is 6. The summed E-state index contributed by atoms with van der Waals surface area (Å²) in [7, 11) is -5.65. The number of hydrogen-bond acceptors (Lipinski definition) is 2. The molecule has 2 nitrogen and oxygen atoms in total. The molecule has 13 heavy (non-hydrogen) atoms. The molecule has 9 heteroatoms. The predicted molar refractivity (Wildman–Crippen MR) is 30.5 cm³/mol. The van der Waals surface area contributed by atoms with Gasteiger partial charge in [0.15, 0.2) is 0 Å². The molecule has 0 N–H and O–H groups in total. The van der Waals surface area contributed by atoms with Crippen molar-refractivity contribution in [1.82, 2.24) is 0 Å². The fourth-order valence-corrected chi connectivity index (χ4v) is 1.10. The summed E-state index contributed by atoms with van der Waals surface area (Å²) in [6.07, 6.45) is -6.90. The van der Waals surface area contributed by atoms with Gasteiger partial charge in [-0.25, -0.2) is 8.42 Å². The number of sulfone groups is 1. The summed E-state index contributed by atoms with van der Waals surface area (Å²) in [6, 6.07) is 0. The van der Waals surface area contributed by atoms with Crippen molar-refractivity contribution in [2.45, 2.75) is 18.1 Å². The van der Waals surface area contributed by atoms with E-state index in [1.54, 1.807) is 0 Å². The standard InChI is InChI=1S/C4H4F6O2S/c5-3(6,7)1-2-13(11,12)4(8,9)10/h1-2H2. The van der Waals surface area contributed by atoms with Crippen LogP contribution in [0.1, 0.15) is 6.42 Å². The van der Waals surface area contributed by atoms with E-state index in [-0.39, 0.29) is 0 Å². The van der Waals surface area contributed by atoms with E-state index in [1.807, 2.05) is 0 Å². The van der Waals surface area contributed by atoms with Crippen LogP contribution in [0.2, 0.25) is 0 Å². The normalized spacial score (nSPS) is 14.6. The zero-order chi connectivity index (χ0) is 10.9. The van der Waals surface area contributed by atoms with E-state index in [0.29, 0.717) is 0 Å². The van der Waals surface area contributed by atoms with E-state index in [2.05, 4.69) is 0 Å². The molecule has 0 aromatic carbocycles. The highest BCUT2D eigenvalue weighted by molar-refractivity contribution is 7.92. The lowest BCUT2D eigenvalue weighted by atomic mass is 10.5. The van der Waals surface area contributed by atoms with Gasteiger partial charge in [0, 0.05) is 0 Å². The lowest BCUT2D eigenvalue weighted by Gasteiger charge is -2.09. The minimum atomic E-state index is -5.65. The second-order valence-electron chi connectivity index (χ2n) is 2.13. The van der Waals surface area contributed by atoms with Gasteiger partial charge >= 0.3 is 11.7 Å². The minimum Gasteiger partial charge on any atom is -0.220 e. The molecule has 0 saturated heterocycles. The van der Waals surface area contributed by atoms with Crippen LogP contribution in [0.15, 0.2) is 0 Å². The first-order valence-electron chi connectivity index (χ1n) is 2.81. The Kier molecular flexibility index (Phi) is 3.23. The van der Waals surface area contributed by atoms with Crippen molar-refractivity contribution < 1.29 is 34.8 Å². The Morgan fingerprint density at radius 1 is 0.923 bits per heavy atom. The van der Waals surface area contributed by atoms with Gasteiger partial charge < -0.3 is 0 Å². The maximum atomic E-state index is 11.5. The molecule has 0 heterocycles. The zero-order valence-electron chi connectivity index (χ0n) is 5.91. The zero-order valence-corrected chi connectivity index (χ0v) is 6.72. The van der Waals surface area contributed by atoms with Gasteiger partial charge in [-0.2, -0.15) is 26.3 Å². The van der Waals surface area contributed by atoms with Gasteiger partial charge in [0.25, 0.3) is 0 Å². The Labute approximate surface area is 69.5 Å². The lowest BCUT2D eigenvalue weighted by Crippen LogP contribution is -2.28. The molecule has 0 unspecified atom stereocenters. The topological polar surface area (TPSA) is 34.1 Å². The Balaban J connectivity index is 4.40. The van der Waals surface area contributed by atoms with Crippen molar-refractivity contribution in [3.05, 3.63) is 0 Å². The third-order valence-electron chi connectivity index (χ3n) is 1.01. The number of hydrogen-bond donors (Lipinski definition) is 0. The molecular formula is C4H4F6O2S. The monoisotopic (exact) mass is 230 g/mol. The predicted octanol–water partition coefficient (Wildman–Crippen LogP) is 1.87. The lowest BCUT2D eigenvalue weighted by molar-refractivity contribution is -0.130. The molecule has 0 fully saturated rings. The molecule has 0 radical (unpaired) electrons. The van der Waals surface area contributed by atoms with Crippen LogP contribution in [-0.2, 0) is 9.84 Å². The van der Waals surface area contributed by atoms with Gasteiger partial charge in [-0.15, -0.1) is 0 Å². The van der Waals surface area contributed by atoms with Crippen LogP contribution in [0.25, 0.3) is 0 Å². The van der Waals surface area contributed by atoms with Crippen molar-refractivity contribution >= 4 is 9.84 Å². The highest BCUT2D eigenvalue weighted by Gasteiger charge is 2.47. The Bertz CT molecular complexity index is 259. The molecular weight excluding hydrogens is 226 g/mol. The summed E-state index contributed by atoms with van der Waals surface area (Å²) < 4.78 is 88.5. The number of alkyl halides is 6. The minimum absolute atomic E-state index is 1.96. The van der Waals surface area contributed by atoms with Gasteiger partial charge in [-0.05, 0) is 0 Å². The smallest absolute Gasteiger partial charge is 0.220 e. The second kappa shape index (κ2) is 3.35. The van der Waals surface area contributed by atoms with Crippen molar-refractivity contribution in [2.24, 2.45) is 0 Å². The van der Waals surface area contributed by atoms with E-state index in [1.165, 1.54) is 0 Å². The average molecular weight is 230 g/mol. The van der Waals surface area contributed by atoms with Crippen molar-refractivity contribution in [3.63, 3.8) is 0 Å². The van der Waals surface area contributed by atoms with Crippen LogP contribution in [0.3, 0.4) is 0 Å². The van der Waals surface area contributed by atoms with Crippen LogP contribution >= 0.6 is 0 Å². The molecule has 0 rings (SSSR count). The second-order valence-corrected chi connectivity index (χ2v) is 4.23. The fraction of sp³-hybridized carbons (Fsp3) is 1.00. The van der Waals surface area contributed by atoms with E-state index >= 15 is 0 Å². The summed E-state index contributed by atoms with van der Waals surface area (Å²) in [6.45, 7) is 0. The summed E-state index contributed by atoms with van der Waals surface area (Å²) in [5.41, 5.74) is -5.61. The van der Waals surface area contributed by atoms with Gasteiger partial charge in [0.2, 0.25) is 9.84 Å². The molecule has 0 aliphatic carbocycles. The van der Waals surface area contributed by atoms with Crippen molar-refractivity contribution in [1.29, 1.82) is 0 Å². The van der Waals surface area contributed by atoms with Crippen LogP contribution in [0.5, 0.6) is 0 Å². The van der Waals surface area contributed by atoms with Gasteiger partial charge in [0.05, 0.1) is 12.2 Å². The highest BCUT2D eigenvalue weighted by Crippen LogP contribution is 2.28. The van der Waals surface area contributed by atoms with Gasteiger partial charge in [-0.3, -0.25) is 0 Å². The number of rotatable bonds is 2. The summed E-state index contributed by atoms with van der Waals surface area (Å²) in [4.78, 5) is 0. The maximum absolute atomic E-state index is 11.5. The van der Waals surface area contributed by atoms with E-state index < -0.39 is 33.7 Å². The molecule has 0 saturated carbocycles. The highest BCUT2D eigenvalue weighted by atomic mass is 32.2. The summed E-state index contributed by atoms with van der Waals surface area (Å²) in [5.74, 6) is -1.96. The van der Waals surface area contributed by atoms with E-state index in [4.69, 9.17) is 0 Å². The van der Waals surface area contributed by atoms with Gasteiger partial charge in [-0.1, -0.05) is 0 Å². The third kappa shape index (κ3) is 4.34. The van der Waals surface area contributed by atoms with Crippen LogP contribution < -0.4 is 0 Å². The fourth-order valence-electron chi connectivity index (χ4n) is 0.366. The first kappa shape index (κ1) is 12.5. The Morgan fingerprint density at radius 2 is 1.31 bits per heavy atom. The third-order valence-corrected chi connectivity index (χ3v) is 2.45. The molecule has 0 bridgehead atoms. The SMILES string of the molecule is O=S(=O)(CCC(F)(F)F)C(F)(F)F. The molecule has 0 amide bonds. The van der Waals surface area contributed by atoms with E-state index in [9.17, 15) is 34.8 Å². The molecule has 0 spiro atoms. The quantitative estimate of drug-likeness (QED) is 0.678. The maximum Gasteiger partial charge on any atom is 0.497 e. The van der Waals surface area contributed by atoms with Crippen LogP contribution in [0.4, 0.5) is 26.3 Å².